The van der Waals surface area contributed by atoms with Crippen LogP contribution < -0.4 is 11.1 Å². The number of rotatable bonds is 6. The molecule has 0 aliphatic carbocycles. The van der Waals surface area contributed by atoms with Crippen LogP contribution in [-0.4, -0.2) is 17.9 Å². The lowest BCUT2D eigenvalue weighted by atomic mass is 10.0. The van der Waals surface area contributed by atoms with E-state index in [1.54, 1.807) is 18.2 Å². The minimum atomic E-state index is -0.937. The Kier molecular flexibility index (Phi) is 5.25. The van der Waals surface area contributed by atoms with Crippen LogP contribution in [0.25, 0.3) is 0 Å². The van der Waals surface area contributed by atoms with Crippen LogP contribution in [0.2, 0.25) is 0 Å². The maximum absolute atomic E-state index is 13.6. The van der Waals surface area contributed by atoms with Gasteiger partial charge in [0, 0.05) is 6.42 Å². The highest BCUT2D eigenvalue weighted by Crippen LogP contribution is 2.09. The van der Waals surface area contributed by atoms with Gasteiger partial charge in [0.15, 0.2) is 0 Å². The maximum atomic E-state index is 13.6. The Bertz CT molecular complexity index is 659. The van der Waals surface area contributed by atoms with Crippen molar-refractivity contribution in [2.24, 2.45) is 5.73 Å². The molecule has 0 unspecified atom stereocenters. The molecule has 0 radical (unpaired) electrons. The summed E-state index contributed by atoms with van der Waals surface area (Å²) in [5, 5.41) is 2.56. The Hall–Kier alpha value is -2.69. The van der Waals surface area contributed by atoms with Gasteiger partial charge >= 0.3 is 0 Å². The van der Waals surface area contributed by atoms with E-state index >= 15 is 0 Å². The third-order valence-corrected chi connectivity index (χ3v) is 3.27. The SMILES string of the molecule is NC(=O)[C@H](Cc1ccccc1F)NC(=O)Cc1ccccc1. The van der Waals surface area contributed by atoms with Crippen LogP contribution in [-0.2, 0) is 22.4 Å². The van der Waals surface area contributed by atoms with Crippen molar-refractivity contribution >= 4 is 11.8 Å². The number of nitrogens with one attached hydrogen (secondary N) is 1. The van der Waals surface area contributed by atoms with E-state index in [-0.39, 0.29) is 18.7 Å². The molecule has 0 aliphatic rings. The summed E-state index contributed by atoms with van der Waals surface area (Å²) in [5.74, 6) is -1.44. The van der Waals surface area contributed by atoms with Gasteiger partial charge in [0.2, 0.25) is 11.8 Å². The quantitative estimate of drug-likeness (QED) is 0.850. The van der Waals surface area contributed by atoms with Crippen molar-refractivity contribution in [3.8, 4) is 0 Å². The molecular formula is C17H17FN2O2. The average molecular weight is 300 g/mol. The second-order valence-electron chi connectivity index (χ2n) is 4.98. The highest BCUT2D eigenvalue weighted by atomic mass is 19.1. The zero-order valence-electron chi connectivity index (χ0n) is 12.0. The number of benzene rings is 2. The van der Waals surface area contributed by atoms with E-state index in [9.17, 15) is 14.0 Å². The molecule has 0 spiro atoms. The van der Waals surface area contributed by atoms with Gasteiger partial charge in [-0.2, -0.15) is 0 Å². The third kappa shape index (κ3) is 4.41. The number of amides is 2. The summed E-state index contributed by atoms with van der Waals surface area (Å²) >= 11 is 0. The lowest BCUT2D eigenvalue weighted by molar-refractivity contribution is -0.127. The molecular weight excluding hydrogens is 283 g/mol. The summed E-state index contributed by atoms with van der Waals surface area (Å²) < 4.78 is 13.6. The van der Waals surface area contributed by atoms with Crippen LogP contribution in [0.4, 0.5) is 4.39 Å². The van der Waals surface area contributed by atoms with Crippen molar-refractivity contribution in [3.05, 3.63) is 71.5 Å². The predicted molar refractivity (Wildman–Crippen MR) is 81.4 cm³/mol. The van der Waals surface area contributed by atoms with Crippen molar-refractivity contribution in [2.45, 2.75) is 18.9 Å². The smallest absolute Gasteiger partial charge is 0.240 e. The summed E-state index contributed by atoms with van der Waals surface area (Å²) in [6, 6.07) is 14.3. The molecule has 5 heteroatoms. The third-order valence-electron chi connectivity index (χ3n) is 3.27. The van der Waals surface area contributed by atoms with Crippen molar-refractivity contribution < 1.29 is 14.0 Å². The summed E-state index contributed by atoms with van der Waals surface area (Å²) in [6.07, 6.45) is 0.171. The maximum Gasteiger partial charge on any atom is 0.240 e. The Labute approximate surface area is 128 Å². The van der Waals surface area contributed by atoms with Crippen LogP contribution in [0.15, 0.2) is 54.6 Å². The largest absolute Gasteiger partial charge is 0.368 e. The number of hydrogen-bond acceptors (Lipinski definition) is 2. The Morgan fingerprint density at radius 2 is 1.68 bits per heavy atom. The molecule has 2 rings (SSSR count). The van der Waals surface area contributed by atoms with E-state index < -0.39 is 17.8 Å². The number of carbonyl (C=O) groups excluding carboxylic acids is 2. The van der Waals surface area contributed by atoms with E-state index in [4.69, 9.17) is 5.73 Å². The summed E-state index contributed by atoms with van der Waals surface area (Å²) in [5.41, 5.74) is 6.47. The summed E-state index contributed by atoms with van der Waals surface area (Å²) in [6.45, 7) is 0. The van der Waals surface area contributed by atoms with Gasteiger partial charge in [-0.05, 0) is 17.2 Å². The minimum absolute atomic E-state index is 0.0303. The van der Waals surface area contributed by atoms with Crippen LogP contribution in [0.1, 0.15) is 11.1 Å². The molecule has 0 saturated carbocycles. The standard InChI is InChI=1S/C17H17FN2O2/c18-14-9-5-4-8-13(14)11-15(17(19)22)20-16(21)10-12-6-2-1-3-7-12/h1-9,15H,10-11H2,(H2,19,22)(H,20,21)/t15-/m0/s1. The average Bonchev–Trinajstić information content (AvgIpc) is 2.49. The first-order chi connectivity index (χ1) is 10.6. The van der Waals surface area contributed by atoms with Crippen LogP contribution in [0.3, 0.4) is 0 Å². The lowest BCUT2D eigenvalue weighted by Crippen LogP contribution is -2.46. The normalized spacial score (nSPS) is 11.7. The zero-order valence-corrected chi connectivity index (χ0v) is 12.0. The molecule has 0 aliphatic heterocycles. The van der Waals surface area contributed by atoms with E-state index in [0.29, 0.717) is 5.56 Å². The fourth-order valence-electron chi connectivity index (χ4n) is 2.13. The first-order valence-corrected chi connectivity index (χ1v) is 6.92. The number of primary amides is 1. The van der Waals surface area contributed by atoms with Gasteiger partial charge in [-0.15, -0.1) is 0 Å². The predicted octanol–water partition coefficient (Wildman–Crippen LogP) is 1.58. The number of halogens is 1. The van der Waals surface area contributed by atoms with Gasteiger partial charge in [0.25, 0.3) is 0 Å². The highest BCUT2D eigenvalue weighted by Gasteiger charge is 2.20. The Morgan fingerprint density at radius 1 is 1.05 bits per heavy atom. The summed E-state index contributed by atoms with van der Waals surface area (Å²) in [7, 11) is 0. The lowest BCUT2D eigenvalue weighted by Gasteiger charge is -2.16. The molecule has 0 heterocycles. The molecule has 1 atom stereocenters. The van der Waals surface area contributed by atoms with E-state index in [2.05, 4.69) is 5.32 Å². The highest BCUT2D eigenvalue weighted by molar-refractivity contribution is 5.87. The molecule has 2 amide bonds. The van der Waals surface area contributed by atoms with Crippen molar-refractivity contribution in [1.29, 1.82) is 0 Å². The van der Waals surface area contributed by atoms with Crippen molar-refractivity contribution in [1.82, 2.24) is 5.32 Å². The van der Waals surface area contributed by atoms with E-state index in [1.807, 2.05) is 30.3 Å². The first kappa shape index (κ1) is 15.7. The van der Waals surface area contributed by atoms with Gasteiger partial charge in [0.05, 0.1) is 6.42 Å². The second-order valence-corrected chi connectivity index (χ2v) is 4.98. The van der Waals surface area contributed by atoms with Gasteiger partial charge in [-0.1, -0.05) is 48.5 Å². The van der Waals surface area contributed by atoms with Crippen LogP contribution in [0, 0.1) is 5.82 Å². The number of hydrogen-bond donors (Lipinski definition) is 2. The van der Waals surface area contributed by atoms with Crippen LogP contribution >= 0.6 is 0 Å². The Morgan fingerprint density at radius 3 is 2.32 bits per heavy atom. The Balaban J connectivity index is 2.01. The molecule has 3 N–H and O–H groups in total. The number of nitrogens with two attached hydrogens (primary N) is 1. The summed E-state index contributed by atoms with van der Waals surface area (Å²) in [4.78, 5) is 23.5. The molecule has 0 aromatic heterocycles. The molecule has 0 saturated heterocycles. The molecule has 114 valence electrons. The monoisotopic (exact) mass is 300 g/mol. The van der Waals surface area contributed by atoms with E-state index in [0.717, 1.165) is 5.56 Å². The molecule has 22 heavy (non-hydrogen) atoms. The topological polar surface area (TPSA) is 72.2 Å². The van der Waals surface area contributed by atoms with Crippen molar-refractivity contribution in [3.63, 3.8) is 0 Å². The van der Waals surface area contributed by atoms with Crippen molar-refractivity contribution in [2.75, 3.05) is 0 Å². The van der Waals surface area contributed by atoms with Gasteiger partial charge < -0.3 is 11.1 Å². The van der Waals surface area contributed by atoms with Gasteiger partial charge in [-0.3, -0.25) is 9.59 Å². The zero-order chi connectivity index (χ0) is 15.9. The molecule has 2 aromatic carbocycles. The van der Waals surface area contributed by atoms with Gasteiger partial charge in [-0.25, -0.2) is 4.39 Å². The fraction of sp³-hybridized carbons (Fsp3) is 0.176. The second kappa shape index (κ2) is 7.36. The minimum Gasteiger partial charge on any atom is -0.368 e. The molecule has 0 fully saturated rings. The fourth-order valence-corrected chi connectivity index (χ4v) is 2.13. The molecule has 2 aromatic rings. The van der Waals surface area contributed by atoms with E-state index in [1.165, 1.54) is 6.07 Å². The molecule has 4 nitrogen and oxygen atoms in total. The molecule has 0 bridgehead atoms. The van der Waals surface area contributed by atoms with Crippen LogP contribution in [0.5, 0.6) is 0 Å². The number of carbonyl (C=O) groups is 2. The first-order valence-electron chi connectivity index (χ1n) is 6.92. The van der Waals surface area contributed by atoms with Gasteiger partial charge in [0.1, 0.15) is 11.9 Å².